The van der Waals surface area contributed by atoms with Crippen molar-refractivity contribution in [3.05, 3.63) is 0 Å². The van der Waals surface area contributed by atoms with Crippen molar-refractivity contribution in [2.45, 2.75) is 18.9 Å². The number of hydrogen-bond acceptors (Lipinski definition) is 1. The molecule has 0 N–H and O–H groups in total. The van der Waals surface area contributed by atoms with E-state index < -0.39 is 0 Å². The van der Waals surface area contributed by atoms with Crippen LogP contribution in [0.1, 0.15) is 12.8 Å². The fourth-order valence-electron chi connectivity index (χ4n) is 0.760. The van der Waals surface area contributed by atoms with E-state index in [0.29, 0.717) is 0 Å². The molecule has 1 fully saturated rings. The van der Waals surface area contributed by atoms with Crippen molar-refractivity contribution in [1.29, 1.82) is 0 Å². The van der Waals surface area contributed by atoms with Crippen LogP contribution in [-0.2, 0) is 4.79 Å². The Morgan fingerprint density at radius 2 is 2.57 bits per heavy atom. The molecule has 2 heteroatoms. The van der Waals surface area contributed by atoms with Gasteiger partial charge in [-0.05, 0) is 12.8 Å². The lowest BCUT2D eigenvalue weighted by atomic mass is 10.2. The standard InChI is InChI=1S/C5H8NO/c7-4-5-2-1-3-6-5/h4-5H,1-3H2/t5-/m0/s1. The molecule has 0 unspecified atom stereocenters. The highest BCUT2D eigenvalue weighted by atomic mass is 16.1. The van der Waals surface area contributed by atoms with Crippen LogP contribution in [0.25, 0.3) is 0 Å². The molecule has 0 amide bonds. The van der Waals surface area contributed by atoms with Crippen molar-refractivity contribution in [2.75, 3.05) is 6.54 Å². The van der Waals surface area contributed by atoms with E-state index in [2.05, 4.69) is 5.32 Å². The van der Waals surface area contributed by atoms with E-state index in [-0.39, 0.29) is 6.04 Å². The summed E-state index contributed by atoms with van der Waals surface area (Å²) in [5, 5.41) is 3.99. The van der Waals surface area contributed by atoms with Gasteiger partial charge in [-0.15, -0.1) is 0 Å². The Labute approximate surface area is 42.9 Å². The van der Waals surface area contributed by atoms with E-state index in [1.165, 1.54) is 0 Å². The number of aldehydes is 1. The largest absolute Gasteiger partial charge is 0.302 e. The normalized spacial score (nSPS) is 30.6. The average molecular weight is 98.1 g/mol. The van der Waals surface area contributed by atoms with Crippen LogP contribution >= 0.6 is 0 Å². The number of carbonyl (C=O) groups is 1. The molecule has 0 aromatic heterocycles. The third-order valence-electron chi connectivity index (χ3n) is 1.18. The molecule has 0 aliphatic carbocycles. The molecule has 1 heterocycles. The molecule has 1 rings (SSSR count). The molecule has 0 saturated carbocycles. The van der Waals surface area contributed by atoms with Gasteiger partial charge in [0.1, 0.15) is 6.29 Å². The van der Waals surface area contributed by atoms with Crippen LogP contribution < -0.4 is 5.32 Å². The Morgan fingerprint density at radius 3 is 2.86 bits per heavy atom. The Bertz CT molecular complexity index is 66.5. The second-order valence-electron chi connectivity index (χ2n) is 1.75. The third-order valence-corrected chi connectivity index (χ3v) is 1.18. The number of carbonyl (C=O) groups excluding carboxylic acids is 1. The summed E-state index contributed by atoms with van der Waals surface area (Å²) in [4.78, 5) is 9.91. The summed E-state index contributed by atoms with van der Waals surface area (Å²) in [6, 6.07) is 0.0417. The monoisotopic (exact) mass is 98.1 g/mol. The van der Waals surface area contributed by atoms with Crippen LogP contribution in [0.3, 0.4) is 0 Å². The van der Waals surface area contributed by atoms with Gasteiger partial charge < -0.3 is 4.79 Å². The van der Waals surface area contributed by atoms with Crippen molar-refractivity contribution in [1.82, 2.24) is 5.32 Å². The first-order chi connectivity index (χ1) is 3.43. The molecule has 1 radical (unpaired) electrons. The Balaban J connectivity index is 2.26. The van der Waals surface area contributed by atoms with Crippen LogP contribution in [0.2, 0.25) is 0 Å². The summed E-state index contributed by atoms with van der Waals surface area (Å²) in [5.41, 5.74) is 0. The predicted molar refractivity (Wildman–Crippen MR) is 26.1 cm³/mol. The van der Waals surface area contributed by atoms with Gasteiger partial charge in [-0.25, -0.2) is 5.32 Å². The van der Waals surface area contributed by atoms with Crippen LogP contribution in [0.5, 0.6) is 0 Å². The first-order valence-corrected chi connectivity index (χ1v) is 2.55. The van der Waals surface area contributed by atoms with E-state index in [9.17, 15) is 4.79 Å². The van der Waals surface area contributed by atoms with Crippen LogP contribution in [0, 0.1) is 0 Å². The molecule has 7 heavy (non-hydrogen) atoms. The molecule has 0 spiro atoms. The molecule has 1 aliphatic rings. The summed E-state index contributed by atoms with van der Waals surface area (Å²) in [6.07, 6.45) is 3.00. The molecular formula is C5H8NO. The number of nitrogens with zero attached hydrogens (tertiary/aromatic N) is 1. The van der Waals surface area contributed by atoms with Crippen molar-refractivity contribution in [3.63, 3.8) is 0 Å². The third kappa shape index (κ3) is 0.996. The summed E-state index contributed by atoms with van der Waals surface area (Å²) in [6.45, 7) is 0.892. The maximum absolute atomic E-state index is 9.91. The average Bonchev–Trinajstić information content (AvgIpc) is 2.14. The zero-order valence-corrected chi connectivity index (χ0v) is 4.13. The van der Waals surface area contributed by atoms with Crippen LogP contribution in [0.15, 0.2) is 0 Å². The van der Waals surface area contributed by atoms with Gasteiger partial charge in [0.15, 0.2) is 0 Å². The van der Waals surface area contributed by atoms with Crippen LogP contribution in [0.4, 0.5) is 0 Å². The summed E-state index contributed by atoms with van der Waals surface area (Å²) in [7, 11) is 0. The molecule has 0 bridgehead atoms. The van der Waals surface area contributed by atoms with E-state index in [4.69, 9.17) is 0 Å². The lowest BCUT2D eigenvalue weighted by Gasteiger charge is -1.91. The molecule has 39 valence electrons. The van der Waals surface area contributed by atoms with Crippen molar-refractivity contribution in [3.8, 4) is 0 Å². The first-order valence-electron chi connectivity index (χ1n) is 2.55. The minimum atomic E-state index is 0.0417. The Morgan fingerprint density at radius 1 is 1.71 bits per heavy atom. The molecule has 0 aromatic carbocycles. The second kappa shape index (κ2) is 2.07. The van der Waals surface area contributed by atoms with E-state index in [1.54, 1.807) is 0 Å². The fraction of sp³-hybridized carbons (Fsp3) is 0.800. The molecule has 0 aromatic rings. The predicted octanol–water partition coefficient (Wildman–Crippen LogP) is -0.0479. The summed E-state index contributed by atoms with van der Waals surface area (Å²) >= 11 is 0. The minimum absolute atomic E-state index is 0.0417. The van der Waals surface area contributed by atoms with Crippen molar-refractivity contribution < 1.29 is 4.79 Å². The van der Waals surface area contributed by atoms with E-state index >= 15 is 0 Å². The summed E-state index contributed by atoms with van der Waals surface area (Å²) in [5.74, 6) is 0. The highest BCUT2D eigenvalue weighted by Crippen LogP contribution is 2.02. The highest BCUT2D eigenvalue weighted by Gasteiger charge is 2.12. The molecule has 1 saturated heterocycles. The fourth-order valence-corrected chi connectivity index (χ4v) is 0.760. The van der Waals surface area contributed by atoms with Crippen molar-refractivity contribution in [2.24, 2.45) is 0 Å². The maximum Gasteiger partial charge on any atom is 0.138 e. The van der Waals surface area contributed by atoms with Gasteiger partial charge in [-0.1, -0.05) is 0 Å². The lowest BCUT2D eigenvalue weighted by Crippen LogP contribution is -2.14. The van der Waals surface area contributed by atoms with E-state index in [1.807, 2.05) is 0 Å². The molecular weight excluding hydrogens is 90.1 g/mol. The quantitative estimate of drug-likeness (QED) is 0.423. The Kier molecular flexibility index (Phi) is 1.42. The number of hydrogen-bond donors (Lipinski definition) is 0. The molecule has 1 aliphatic heterocycles. The van der Waals surface area contributed by atoms with Gasteiger partial charge >= 0.3 is 0 Å². The van der Waals surface area contributed by atoms with Gasteiger partial charge in [-0.2, -0.15) is 0 Å². The minimum Gasteiger partial charge on any atom is -0.302 e. The van der Waals surface area contributed by atoms with Crippen molar-refractivity contribution >= 4 is 6.29 Å². The zero-order chi connectivity index (χ0) is 5.11. The highest BCUT2D eigenvalue weighted by molar-refractivity contribution is 5.57. The lowest BCUT2D eigenvalue weighted by molar-refractivity contribution is -0.109. The SMILES string of the molecule is O=C[C@@H]1CCC[N]1. The summed E-state index contributed by atoms with van der Waals surface area (Å²) < 4.78 is 0. The topological polar surface area (TPSA) is 31.2 Å². The smallest absolute Gasteiger partial charge is 0.138 e. The van der Waals surface area contributed by atoms with Gasteiger partial charge in [0, 0.05) is 6.54 Å². The number of rotatable bonds is 1. The van der Waals surface area contributed by atoms with Gasteiger partial charge in [0.2, 0.25) is 0 Å². The zero-order valence-electron chi connectivity index (χ0n) is 4.13. The molecule has 1 atom stereocenters. The Hall–Kier alpha value is -0.370. The second-order valence-corrected chi connectivity index (χ2v) is 1.75. The molecule has 2 nitrogen and oxygen atoms in total. The maximum atomic E-state index is 9.91. The van der Waals surface area contributed by atoms with Gasteiger partial charge in [0.25, 0.3) is 0 Å². The van der Waals surface area contributed by atoms with Crippen LogP contribution in [-0.4, -0.2) is 18.9 Å². The van der Waals surface area contributed by atoms with E-state index in [0.717, 1.165) is 25.7 Å². The van der Waals surface area contributed by atoms with Gasteiger partial charge in [0.05, 0.1) is 6.04 Å². The van der Waals surface area contributed by atoms with Gasteiger partial charge in [-0.3, -0.25) is 0 Å². The first kappa shape index (κ1) is 4.78.